The Balaban J connectivity index is 1.09. The highest BCUT2D eigenvalue weighted by Gasteiger charge is 2.19. The first-order chi connectivity index (χ1) is 15.2. The summed E-state index contributed by atoms with van der Waals surface area (Å²) in [4.78, 5) is 0. The van der Waals surface area contributed by atoms with Gasteiger partial charge in [-0.1, -0.05) is 24.3 Å². The number of nitrogens with one attached hydrogen (secondary N) is 1. The molecular formula is C27H31NO3. The fraction of sp³-hybridized carbons (Fsp3) is 0.407. The third-order valence-corrected chi connectivity index (χ3v) is 6.57. The molecule has 0 fully saturated rings. The van der Waals surface area contributed by atoms with Crippen molar-refractivity contribution in [2.24, 2.45) is 0 Å². The largest absolute Gasteiger partial charge is 0.491 e. The lowest BCUT2D eigenvalue weighted by molar-refractivity contribution is 0.103. The van der Waals surface area contributed by atoms with Crippen LogP contribution in [0.25, 0.3) is 11.3 Å². The van der Waals surface area contributed by atoms with Crippen molar-refractivity contribution >= 4 is 0 Å². The molecule has 1 heterocycles. The standard InChI is InChI=1S/C27H31NO3/c29-24(17-28-23-12-9-19-5-1-2-6-21(19)15-23)18-30-25-13-10-20(11-14-25)27-16-22-7-3-4-8-26(22)31-27/h1-2,5-6,10-11,13-14,16,23-24,28-29H,3-4,7-9,12,15,17-18H2. The second-order valence-corrected chi connectivity index (χ2v) is 8.87. The first kappa shape index (κ1) is 20.3. The molecule has 2 N–H and O–H groups in total. The van der Waals surface area contributed by atoms with Crippen molar-refractivity contribution in [3.63, 3.8) is 0 Å². The summed E-state index contributed by atoms with van der Waals surface area (Å²) in [6.45, 7) is 0.827. The average molecular weight is 418 g/mol. The molecule has 31 heavy (non-hydrogen) atoms. The van der Waals surface area contributed by atoms with Crippen molar-refractivity contribution in [3.8, 4) is 17.1 Å². The van der Waals surface area contributed by atoms with Crippen LogP contribution in [0.2, 0.25) is 0 Å². The molecule has 2 unspecified atom stereocenters. The third kappa shape index (κ3) is 4.86. The van der Waals surface area contributed by atoms with E-state index in [1.165, 1.54) is 29.5 Å². The topological polar surface area (TPSA) is 54.6 Å². The van der Waals surface area contributed by atoms with Gasteiger partial charge < -0.3 is 19.6 Å². The minimum Gasteiger partial charge on any atom is -0.491 e. The Morgan fingerprint density at radius 1 is 0.968 bits per heavy atom. The quantitative estimate of drug-likeness (QED) is 0.584. The van der Waals surface area contributed by atoms with Crippen LogP contribution in [0.3, 0.4) is 0 Å². The average Bonchev–Trinajstić information content (AvgIpc) is 3.26. The molecule has 0 aliphatic heterocycles. The SMILES string of the molecule is OC(CNC1CCc2ccccc2C1)COc1ccc(-c2cc3c(o2)CCCC3)cc1. The normalized spacial score (nSPS) is 18.8. The Bertz CT molecular complexity index is 984. The van der Waals surface area contributed by atoms with Crippen molar-refractivity contribution < 1.29 is 14.3 Å². The van der Waals surface area contributed by atoms with Gasteiger partial charge in [-0.2, -0.15) is 0 Å². The molecule has 0 bridgehead atoms. The van der Waals surface area contributed by atoms with E-state index < -0.39 is 6.10 Å². The molecule has 162 valence electrons. The van der Waals surface area contributed by atoms with Gasteiger partial charge in [-0.3, -0.25) is 0 Å². The van der Waals surface area contributed by atoms with Gasteiger partial charge in [0.15, 0.2) is 0 Å². The Morgan fingerprint density at radius 2 is 1.77 bits per heavy atom. The van der Waals surface area contributed by atoms with Gasteiger partial charge in [0.25, 0.3) is 0 Å². The van der Waals surface area contributed by atoms with Gasteiger partial charge >= 0.3 is 0 Å². The van der Waals surface area contributed by atoms with E-state index in [1.54, 1.807) is 0 Å². The zero-order valence-corrected chi connectivity index (χ0v) is 18.0. The van der Waals surface area contributed by atoms with Crippen LogP contribution in [0, 0.1) is 0 Å². The molecule has 0 saturated heterocycles. The summed E-state index contributed by atoms with van der Waals surface area (Å²) in [5.74, 6) is 2.86. The summed E-state index contributed by atoms with van der Waals surface area (Å²) < 4.78 is 11.9. The highest BCUT2D eigenvalue weighted by atomic mass is 16.5. The number of rotatable bonds is 7. The molecule has 4 heteroatoms. The number of ether oxygens (including phenoxy) is 1. The van der Waals surface area contributed by atoms with Crippen LogP contribution < -0.4 is 10.1 Å². The summed E-state index contributed by atoms with van der Waals surface area (Å²) >= 11 is 0. The van der Waals surface area contributed by atoms with Crippen LogP contribution in [-0.2, 0) is 25.7 Å². The first-order valence-electron chi connectivity index (χ1n) is 11.6. The van der Waals surface area contributed by atoms with Crippen LogP contribution in [0.4, 0.5) is 0 Å². The summed E-state index contributed by atoms with van der Waals surface area (Å²) in [7, 11) is 0. The number of hydrogen-bond donors (Lipinski definition) is 2. The molecule has 2 aromatic carbocycles. The van der Waals surface area contributed by atoms with Crippen LogP contribution >= 0.6 is 0 Å². The predicted octanol–water partition coefficient (Wildman–Crippen LogP) is 4.71. The Kier molecular flexibility index (Phi) is 6.10. The Morgan fingerprint density at radius 3 is 2.61 bits per heavy atom. The number of aliphatic hydroxyl groups is 1. The zero-order chi connectivity index (χ0) is 21.0. The second kappa shape index (κ2) is 9.29. The minimum atomic E-state index is -0.534. The van der Waals surface area contributed by atoms with E-state index in [1.807, 2.05) is 24.3 Å². The van der Waals surface area contributed by atoms with E-state index in [-0.39, 0.29) is 6.61 Å². The molecule has 2 atom stereocenters. The van der Waals surface area contributed by atoms with Gasteiger partial charge in [-0.15, -0.1) is 0 Å². The van der Waals surface area contributed by atoms with Gasteiger partial charge in [0.05, 0.1) is 0 Å². The van der Waals surface area contributed by atoms with Gasteiger partial charge in [-0.05, 0) is 85.5 Å². The molecule has 2 aliphatic carbocycles. The van der Waals surface area contributed by atoms with E-state index in [0.29, 0.717) is 12.6 Å². The molecule has 0 spiro atoms. The van der Waals surface area contributed by atoms with Gasteiger partial charge in [-0.25, -0.2) is 0 Å². The summed E-state index contributed by atoms with van der Waals surface area (Å²) in [5.41, 5.74) is 5.32. The molecule has 2 aliphatic rings. The second-order valence-electron chi connectivity index (χ2n) is 8.87. The van der Waals surface area contributed by atoms with Crippen LogP contribution in [-0.4, -0.2) is 30.4 Å². The summed E-state index contributed by atoms with van der Waals surface area (Å²) in [6.07, 6.45) is 7.36. The number of aliphatic hydroxyl groups excluding tert-OH is 1. The molecule has 5 rings (SSSR count). The van der Waals surface area contributed by atoms with Crippen LogP contribution in [0.15, 0.2) is 59.0 Å². The summed E-state index contributed by atoms with van der Waals surface area (Å²) in [6, 6.07) is 19.2. The maximum Gasteiger partial charge on any atom is 0.134 e. The lowest BCUT2D eigenvalue weighted by atomic mass is 9.88. The Labute approximate surface area is 184 Å². The molecule has 0 saturated carbocycles. The van der Waals surface area contributed by atoms with Crippen molar-refractivity contribution in [3.05, 3.63) is 77.0 Å². The van der Waals surface area contributed by atoms with Crippen molar-refractivity contribution in [1.82, 2.24) is 5.32 Å². The van der Waals surface area contributed by atoms with Crippen molar-refractivity contribution in [2.45, 2.75) is 57.1 Å². The lowest BCUT2D eigenvalue weighted by Gasteiger charge is -2.26. The van der Waals surface area contributed by atoms with Crippen LogP contribution in [0.5, 0.6) is 5.75 Å². The molecular weight excluding hydrogens is 386 g/mol. The number of hydrogen-bond acceptors (Lipinski definition) is 4. The molecule has 4 nitrogen and oxygen atoms in total. The summed E-state index contributed by atoms with van der Waals surface area (Å²) in [5, 5.41) is 13.9. The van der Waals surface area contributed by atoms with Gasteiger partial charge in [0, 0.05) is 24.6 Å². The van der Waals surface area contributed by atoms with E-state index in [0.717, 1.165) is 54.9 Å². The lowest BCUT2D eigenvalue weighted by Crippen LogP contribution is -2.40. The third-order valence-electron chi connectivity index (χ3n) is 6.57. The van der Waals surface area contributed by atoms with E-state index in [9.17, 15) is 5.11 Å². The smallest absolute Gasteiger partial charge is 0.134 e. The van der Waals surface area contributed by atoms with Crippen LogP contribution in [0.1, 0.15) is 41.7 Å². The fourth-order valence-corrected chi connectivity index (χ4v) is 4.77. The predicted molar refractivity (Wildman–Crippen MR) is 123 cm³/mol. The molecule has 3 aromatic rings. The zero-order valence-electron chi connectivity index (χ0n) is 18.0. The molecule has 0 amide bonds. The minimum absolute atomic E-state index is 0.282. The highest BCUT2D eigenvalue weighted by Crippen LogP contribution is 2.31. The fourth-order valence-electron chi connectivity index (χ4n) is 4.77. The van der Waals surface area contributed by atoms with Gasteiger partial charge in [0.1, 0.15) is 30.0 Å². The maximum absolute atomic E-state index is 10.4. The Hall–Kier alpha value is -2.56. The highest BCUT2D eigenvalue weighted by molar-refractivity contribution is 5.60. The maximum atomic E-state index is 10.4. The van der Waals surface area contributed by atoms with E-state index >= 15 is 0 Å². The first-order valence-corrected chi connectivity index (χ1v) is 11.6. The van der Waals surface area contributed by atoms with Crippen molar-refractivity contribution in [2.75, 3.05) is 13.2 Å². The monoisotopic (exact) mass is 417 g/mol. The van der Waals surface area contributed by atoms with E-state index in [4.69, 9.17) is 9.15 Å². The number of benzene rings is 2. The number of aryl methyl sites for hydroxylation is 3. The van der Waals surface area contributed by atoms with Gasteiger partial charge in [0.2, 0.25) is 0 Å². The number of fused-ring (bicyclic) bond motifs is 2. The number of furan rings is 1. The van der Waals surface area contributed by atoms with E-state index in [2.05, 4.69) is 35.6 Å². The molecule has 1 aromatic heterocycles. The van der Waals surface area contributed by atoms with Crippen molar-refractivity contribution in [1.29, 1.82) is 0 Å². The molecule has 0 radical (unpaired) electrons.